The predicted molar refractivity (Wildman–Crippen MR) is 136 cm³/mol. The van der Waals surface area contributed by atoms with Gasteiger partial charge >= 0.3 is 5.97 Å². The Hall–Kier alpha value is -0.693. The first-order valence-corrected chi connectivity index (χ1v) is 15.3. The standard InChI is InChI=1S/C26H52O5Si/c1-12-14-15-16-21(31-32(10,11)25(5,6)7)18-17-19(3)22(27)26(8,9)23(28)20(4)24(29)30-13-2/h17,20-23,27-28H,12-16,18H2,1-11H3/b19-17+/t20-,21-,22-,23+/m1/s1. The van der Waals surface area contributed by atoms with Crippen molar-refractivity contribution >= 4 is 14.3 Å². The fourth-order valence-corrected chi connectivity index (χ4v) is 5.07. The normalized spacial score (nSPS) is 17.6. The number of rotatable bonds is 14. The molecule has 0 fully saturated rings. The quantitative estimate of drug-likeness (QED) is 0.135. The van der Waals surface area contributed by atoms with E-state index >= 15 is 0 Å². The largest absolute Gasteiger partial charge is 0.466 e. The summed E-state index contributed by atoms with van der Waals surface area (Å²) in [5, 5.41) is 22.0. The monoisotopic (exact) mass is 472 g/mol. The Balaban J connectivity index is 5.44. The summed E-state index contributed by atoms with van der Waals surface area (Å²) in [6, 6.07) is 0. The van der Waals surface area contributed by atoms with Crippen molar-refractivity contribution in [3.63, 3.8) is 0 Å². The van der Waals surface area contributed by atoms with Crippen LogP contribution in [0.2, 0.25) is 18.1 Å². The Kier molecular flexibility index (Phi) is 13.0. The molecule has 0 aliphatic carbocycles. The Morgan fingerprint density at radius 3 is 2.09 bits per heavy atom. The van der Waals surface area contributed by atoms with Gasteiger partial charge in [0.25, 0.3) is 0 Å². The van der Waals surface area contributed by atoms with Crippen LogP contribution in [0.4, 0.5) is 0 Å². The first-order valence-electron chi connectivity index (χ1n) is 12.4. The van der Waals surface area contributed by atoms with Crippen LogP contribution in [0.1, 0.15) is 94.4 Å². The fourth-order valence-electron chi connectivity index (χ4n) is 3.66. The number of hydrogen-bond acceptors (Lipinski definition) is 5. The molecule has 0 amide bonds. The molecule has 2 N–H and O–H groups in total. The van der Waals surface area contributed by atoms with E-state index in [0.29, 0.717) is 0 Å². The van der Waals surface area contributed by atoms with Crippen LogP contribution in [0.5, 0.6) is 0 Å². The molecule has 0 rings (SSSR count). The second-order valence-electron chi connectivity index (χ2n) is 11.4. The highest BCUT2D eigenvalue weighted by molar-refractivity contribution is 6.74. The van der Waals surface area contributed by atoms with Gasteiger partial charge in [-0.25, -0.2) is 0 Å². The van der Waals surface area contributed by atoms with Gasteiger partial charge in [0, 0.05) is 11.5 Å². The maximum atomic E-state index is 12.1. The molecular formula is C26H52O5Si. The van der Waals surface area contributed by atoms with Crippen molar-refractivity contribution in [2.45, 2.75) is 131 Å². The lowest BCUT2D eigenvalue weighted by molar-refractivity contribution is -0.156. The zero-order valence-corrected chi connectivity index (χ0v) is 23.7. The van der Waals surface area contributed by atoms with E-state index in [-0.39, 0.29) is 17.7 Å². The van der Waals surface area contributed by atoms with Gasteiger partial charge in [-0.05, 0) is 57.3 Å². The maximum Gasteiger partial charge on any atom is 0.311 e. The van der Waals surface area contributed by atoms with Crippen molar-refractivity contribution in [3.05, 3.63) is 11.6 Å². The van der Waals surface area contributed by atoms with Crippen LogP contribution < -0.4 is 0 Å². The van der Waals surface area contributed by atoms with E-state index in [1.165, 1.54) is 12.8 Å². The average molecular weight is 473 g/mol. The smallest absolute Gasteiger partial charge is 0.311 e. The Morgan fingerprint density at radius 1 is 1.06 bits per heavy atom. The van der Waals surface area contributed by atoms with Crippen molar-refractivity contribution in [2.75, 3.05) is 6.61 Å². The predicted octanol–water partition coefficient (Wildman–Crippen LogP) is 6.24. The number of carbonyl (C=O) groups is 1. The topological polar surface area (TPSA) is 76.0 Å². The van der Waals surface area contributed by atoms with Gasteiger partial charge in [0.2, 0.25) is 0 Å². The summed E-state index contributed by atoms with van der Waals surface area (Å²) in [6.07, 6.45) is 5.51. The van der Waals surface area contributed by atoms with Crippen LogP contribution in [0.15, 0.2) is 11.6 Å². The molecular weight excluding hydrogens is 420 g/mol. The molecule has 0 spiro atoms. The number of hydrogen-bond donors (Lipinski definition) is 2. The van der Waals surface area contributed by atoms with E-state index in [0.717, 1.165) is 24.8 Å². The molecule has 0 aliphatic heterocycles. The Labute approximate surface area is 199 Å². The van der Waals surface area contributed by atoms with Gasteiger partial charge in [-0.3, -0.25) is 4.79 Å². The van der Waals surface area contributed by atoms with Crippen molar-refractivity contribution in [2.24, 2.45) is 11.3 Å². The number of aliphatic hydroxyl groups is 2. The number of carbonyl (C=O) groups excluding carboxylic acids is 1. The van der Waals surface area contributed by atoms with E-state index in [9.17, 15) is 15.0 Å². The van der Waals surface area contributed by atoms with Gasteiger partial charge in [-0.2, -0.15) is 0 Å². The van der Waals surface area contributed by atoms with Gasteiger partial charge < -0.3 is 19.4 Å². The molecule has 0 unspecified atom stereocenters. The zero-order chi connectivity index (χ0) is 25.3. The molecule has 4 atom stereocenters. The molecule has 5 nitrogen and oxygen atoms in total. The van der Waals surface area contributed by atoms with E-state index < -0.39 is 37.8 Å². The SMILES string of the molecule is CCCCC[C@H](C/C=C(\C)[C@@H](O)C(C)(C)[C@@H](O)[C@@H](C)C(=O)OCC)O[Si](C)(C)C(C)(C)C. The molecule has 0 bridgehead atoms. The van der Waals surface area contributed by atoms with Crippen LogP contribution in [-0.4, -0.2) is 49.4 Å². The van der Waals surface area contributed by atoms with E-state index in [2.05, 4.69) is 46.9 Å². The summed E-state index contributed by atoms with van der Waals surface area (Å²) < 4.78 is 11.8. The lowest BCUT2D eigenvalue weighted by atomic mass is 9.73. The lowest BCUT2D eigenvalue weighted by Gasteiger charge is -2.40. The van der Waals surface area contributed by atoms with E-state index in [1.54, 1.807) is 27.7 Å². The number of esters is 1. The summed E-state index contributed by atoms with van der Waals surface area (Å²) in [4.78, 5) is 12.1. The van der Waals surface area contributed by atoms with Crippen LogP contribution in [0.3, 0.4) is 0 Å². The van der Waals surface area contributed by atoms with Crippen molar-refractivity contribution in [1.82, 2.24) is 0 Å². The number of aliphatic hydroxyl groups excluding tert-OH is 2. The third-order valence-corrected chi connectivity index (χ3v) is 11.7. The minimum absolute atomic E-state index is 0.121. The van der Waals surface area contributed by atoms with Crippen LogP contribution in [-0.2, 0) is 14.0 Å². The van der Waals surface area contributed by atoms with Crippen LogP contribution in [0, 0.1) is 11.3 Å². The van der Waals surface area contributed by atoms with Crippen molar-refractivity contribution in [3.8, 4) is 0 Å². The molecule has 0 aromatic rings. The molecule has 0 saturated carbocycles. The van der Waals surface area contributed by atoms with Crippen molar-refractivity contribution < 1.29 is 24.2 Å². The molecule has 0 heterocycles. The average Bonchev–Trinajstić information content (AvgIpc) is 2.69. The summed E-state index contributed by atoms with van der Waals surface area (Å²) in [6.45, 7) is 22.7. The molecule has 0 saturated heterocycles. The highest BCUT2D eigenvalue weighted by Gasteiger charge is 2.42. The molecule has 0 aliphatic rings. The maximum absolute atomic E-state index is 12.1. The van der Waals surface area contributed by atoms with Crippen LogP contribution >= 0.6 is 0 Å². The fraction of sp³-hybridized carbons (Fsp3) is 0.885. The second kappa shape index (κ2) is 13.3. The first-order chi connectivity index (χ1) is 14.5. The highest BCUT2D eigenvalue weighted by atomic mass is 28.4. The highest BCUT2D eigenvalue weighted by Crippen LogP contribution is 2.39. The summed E-state index contributed by atoms with van der Waals surface area (Å²) in [5.74, 6) is -1.16. The van der Waals surface area contributed by atoms with Gasteiger partial charge in [0.15, 0.2) is 8.32 Å². The Morgan fingerprint density at radius 2 is 1.62 bits per heavy atom. The summed E-state index contributed by atoms with van der Waals surface area (Å²) >= 11 is 0. The number of unbranched alkanes of at least 4 members (excludes halogenated alkanes) is 2. The van der Waals surface area contributed by atoms with Gasteiger partial charge in [-0.15, -0.1) is 0 Å². The third-order valence-electron chi connectivity index (χ3n) is 7.13. The third kappa shape index (κ3) is 9.28. The van der Waals surface area contributed by atoms with E-state index in [1.807, 2.05) is 6.92 Å². The molecule has 190 valence electrons. The van der Waals surface area contributed by atoms with E-state index in [4.69, 9.17) is 9.16 Å². The molecule has 6 heteroatoms. The summed E-state index contributed by atoms with van der Waals surface area (Å²) in [5.41, 5.74) is -0.102. The molecule has 0 radical (unpaired) electrons. The molecule has 0 aromatic heterocycles. The van der Waals surface area contributed by atoms with Crippen LogP contribution in [0.25, 0.3) is 0 Å². The molecule has 32 heavy (non-hydrogen) atoms. The molecule has 0 aromatic carbocycles. The summed E-state index contributed by atoms with van der Waals surface area (Å²) in [7, 11) is -1.90. The zero-order valence-electron chi connectivity index (χ0n) is 22.7. The minimum atomic E-state index is -1.90. The van der Waals surface area contributed by atoms with Gasteiger partial charge in [0.1, 0.15) is 0 Å². The first kappa shape index (κ1) is 31.3. The number of ether oxygens (including phenoxy) is 1. The Bertz CT molecular complexity index is 592. The lowest BCUT2D eigenvalue weighted by Crippen LogP contribution is -2.46. The van der Waals surface area contributed by atoms with Gasteiger partial charge in [-0.1, -0.05) is 66.9 Å². The second-order valence-corrected chi connectivity index (χ2v) is 16.1. The van der Waals surface area contributed by atoms with Gasteiger partial charge in [0.05, 0.1) is 24.7 Å². The minimum Gasteiger partial charge on any atom is -0.466 e. The van der Waals surface area contributed by atoms with Crippen molar-refractivity contribution in [1.29, 1.82) is 0 Å².